The van der Waals surface area contributed by atoms with Gasteiger partial charge in [-0.3, -0.25) is 4.99 Å². The molecule has 0 aliphatic heterocycles. The number of aliphatic imine (C=N–C) groups is 1. The summed E-state index contributed by atoms with van der Waals surface area (Å²) in [7, 11) is 0. The lowest BCUT2D eigenvalue weighted by molar-refractivity contribution is -0.137. The summed E-state index contributed by atoms with van der Waals surface area (Å²) in [5.41, 5.74) is 4.40. The molecule has 150 valence electrons. The number of aliphatic carboxylic acids is 1. The van der Waals surface area contributed by atoms with Crippen LogP contribution in [0.3, 0.4) is 0 Å². The van der Waals surface area contributed by atoms with Crippen LogP contribution in [-0.2, 0) is 4.79 Å². The average Bonchev–Trinajstić information content (AvgIpc) is 3.16. The normalized spacial score (nSPS) is 12.3. The molecule has 0 bridgehead atoms. The zero-order valence-corrected chi connectivity index (χ0v) is 17.6. The molecule has 2 N–H and O–H groups in total. The van der Waals surface area contributed by atoms with Gasteiger partial charge < -0.3 is 14.9 Å². The van der Waals surface area contributed by atoms with Crippen LogP contribution in [-0.4, -0.2) is 28.5 Å². The summed E-state index contributed by atoms with van der Waals surface area (Å²) in [4.78, 5) is 15.0. The Morgan fingerprint density at radius 3 is 2.73 bits per heavy atom. The molecule has 1 atom stereocenters. The van der Waals surface area contributed by atoms with Gasteiger partial charge in [0.05, 0.1) is 11.1 Å². The summed E-state index contributed by atoms with van der Waals surface area (Å²) in [6.45, 7) is 1.53. The van der Waals surface area contributed by atoms with Crippen molar-refractivity contribution in [3.8, 4) is 11.1 Å². The van der Waals surface area contributed by atoms with Gasteiger partial charge in [-0.2, -0.15) is 0 Å². The Labute approximate surface area is 181 Å². The minimum absolute atomic E-state index is 0.567. The maximum atomic E-state index is 11.0. The Morgan fingerprint density at radius 2 is 1.97 bits per heavy atom. The van der Waals surface area contributed by atoms with Gasteiger partial charge in [-0.1, -0.05) is 47.6 Å². The Bertz CT molecular complexity index is 1240. The van der Waals surface area contributed by atoms with Gasteiger partial charge in [-0.15, -0.1) is 0 Å². The van der Waals surface area contributed by atoms with Crippen LogP contribution in [0.1, 0.15) is 12.5 Å². The fourth-order valence-corrected chi connectivity index (χ4v) is 3.58. The highest BCUT2D eigenvalue weighted by atomic mass is 79.9. The molecule has 0 amide bonds. The van der Waals surface area contributed by atoms with Crippen LogP contribution in [0.15, 0.2) is 80.7 Å². The summed E-state index contributed by atoms with van der Waals surface area (Å²) in [5.74, 6) is -0.403. The number of hydrogen-bond donors (Lipinski definition) is 2. The van der Waals surface area contributed by atoms with Crippen molar-refractivity contribution in [1.29, 1.82) is 0 Å². The molecule has 0 aliphatic carbocycles. The highest BCUT2D eigenvalue weighted by molar-refractivity contribution is 9.10. The SMILES string of the molecule is C[C@H](N=Cc1ccc2onc(Nc3cccc(-c4ccccc4)c3Br)c2c1)C(=O)O. The van der Waals surface area contributed by atoms with E-state index in [1.807, 2.05) is 42.5 Å². The molecular weight excluding hydrogens is 446 g/mol. The van der Waals surface area contributed by atoms with Gasteiger partial charge in [0, 0.05) is 10.7 Å². The van der Waals surface area contributed by atoms with Crippen LogP contribution >= 0.6 is 15.9 Å². The summed E-state index contributed by atoms with van der Waals surface area (Å²) in [6.07, 6.45) is 1.54. The van der Waals surface area contributed by atoms with Crippen LogP contribution < -0.4 is 5.32 Å². The highest BCUT2D eigenvalue weighted by Crippen LogP contribution is 2.36. The standard InChI is InChI=1S/C23H18BrN3O3/c1-14(23(28)29)25-13-15-10-11-20-18(12-15)22(27-30-20)26-19-9-5-8-17(21(19)24)16-6-3-2-4-7-16/h2-14H,1H3,(H,26,27)(H,28,29)/t14-/m0/s1. The second kappa shape index (κ2) is 8.51. The third-order valence-corrected chi connectivity index (χ3v) is 5.49. The molecule has 0 spiro atoms. The summed E-state index contributed by atoms with van der Waals surface area (Å²) >= 11 is 3.70. The molecule has 0 aliphatic rings. The van der Waals surface area contributed by atoms with Crippen LogP contribution in [0.4, 0.5) is 11.5 Å². The van der Waals surface area contributed by atoms with Crippen molar-refractivity contribution in [1.82, 2.24) is 5.16 Å². The number of rotatable bonds is 6. The van der Waals surface area contributed by atoms with E-state index >= 15 is 0 Å². The van der Waals surface area contributed by atoms with Gasteiger partial charge in [-0.25, -0.2) is 4.79 Å². The summed E-state index contributed by atoms with van der Waals surface area (Å²) < 4.78 is 6.35. The highest BCUT2D eigenvalue weighted by Gasteiger charge is 2.13. The van der Waals surface area contributed by atoms with Crippen LogP contribution in [0, 0.1) is 0 Å². The lowest BCUT2D eigenvalue weighted by atomic mass is 10.1. The van der Waals surface area contributed by atoms with Crippen molar-refractivity contribution in [2.75, 3.05) is 5.32 Å². The second-order valence-electron chi connectivity index (χ2n) is 6.74. The molecule has 1 heterocycles. The first kappa shape index (κ1) is 19.8. The van der Waals surface area contributed by atoms with E-state index < -0.39 is 12.0 Å². The number of nitrogens with one attached hydrogen (secondary N) is 1. The van der Waals surface area contributed by atoms with E-state index in [-0.39, 0.29) is 0 Å². The van der Waals surface area contributed by atoms with Crippen LogP contribution in [0.5, 0.6) is 0 Å². The first-order chi connectivity index (χ1) is 14.5. The number of anilines is 2. The van der Waals surface area contributed by atoms with E-state index in [1.165, 1.54) is 6.92 Å². The van der Waals surface area contributed by atoms with Gasteiger partial charge in [0.1, 0.15) is 6.04 Å². The predicted molar refractivity (Wildman–Crippen MR) is 122 cm³/mol. The molecule has 7 heteroatoms. The Balaban J connectivity index is 1.66. The lowest BCUT2D eigenvalue weighted by Gasteiger charge is -2.11. The first-order valence-electron chi connectivity index (χ1n) is 9.29. The van der Waals surface area contributed by atoms with Gasteiger partial charge in [0.25, 0.3) is 0 Å². The molecule has 4 aromatic rings. The Morgan fingerprint density at radius 1 is 1.17 bits per heavy atom. The third-order valence-electron chi connectivity index (χ3n) is 4.64. The topological polar surface area (TPSA) is 87.7 Å². The van der Waals surface area contributed by atoms with E-state index in [0.717, 1.165) is 32.2 Å². The minimum atomic E-state index is -0.970. The van der Waals surface area contributed by atoms with E-state index in [1.54, 1.807) is 18.3 Å². The number of nitrogens with zero attached hydrogens (tertiary/aromatic N) is 2. The Hall–Kier alpha value is -3.45. The second-order valence-corrected chi connectivity index (χ2v) is 7.53. The smallest absolute Gasteiger partial charge is 0.328 e. The summed E-state index contributed by atoms with van der Waals surface area (Å²) in [5, 5.41) is 17.2. The zero-order valence-electron chi connectivity index (χ0n) is 16.0. The van der Waals surface area contributed by atoms with Crippen molar-refractivity contribution in [2.24, 2.45) is 4.99 Å². The number of carbonyl (C=O) groups is 1. The van der Waals surface area contributed by atoms with Crippen molar-refractivity contribution >= 4 is 50.6 Å². The molecule has 4 rings (SSSR count). The van der Waals surface area contributed by atoms with E-state index in [2.05, 4.69) is 43.5 Å². The van der Waals surface area contributed by atoms with Crippen LogP contribution in [0.2, 0.25) is 0 Å². The van der Waals surface area contributed by atoms with Gasteiger partial charge >= 0.3 is 5.97 Å². The van der Waals surface area contributed by atoms with Crippen molar-refractivity contribution in [3.05, 3.63) is 76.8 Å². The molecule has 30 heavy (non-hydrogen) atoms. The maximum Gasteiger partial charge on any atom is 0.328 e. The summed E-state index contributed by atoms with van der Waals surface area (Å²) in [6, 6.07) is 20.7. The van der Waals surface area contributed by atoms with E-state index in [4.69, 9.17) is 9.63 Å². The number of carboxylic acid groups (broad SMARTS) is 1. The molecule has 1 aromatic heterocycles. The van der Waals surface area contributed by atoms with Crippen molar-refractivity contribution in [3.63, 3.8) is 0 Å². The third kappa shape index (κ3) is 4.11. The fourth-order valence-electron chi connectivity index (χ4n) is 2.99. The maximum absolute atomic E-state index is 11.0. The van der Waals surface area contributed by atoms with Gasteiger partial charge in [0.15, 0.2) is 11.4 Å². The number of aromatic nitrogens is 1. The molecule has 0 radical (unpaired) electrons. The molecule has 0 saturated carbocycles. The van der Waals surface area contributed by atoms with Crippen molar-refractivity contribution in [2.45, 2.75) is 13.0 Å². The zero-order chi connectivity index (χ0) is 21.1. The fraction of sp³-hybridized carbons (Fsp3) is 0.0870. The molecular formula is C23H18BrN3O3. The minimum Gasteiger partial charge on any atom is -0.480 e. The number of hydrogen-bond acceptors (Lipinski definition) is 5. The lowest BCUT2D eigenvalue weighted by Crippen LogP contribution is -2.13. The number of carboxylic acids is 1. The molecule has 3 aromatic carbocycles. The van der Waals surface area contributed by atoms with E-state index in [0.29, 0.717) is 11.4 Å². The number of fused-ring (bicyclic) bond motifs is 1. The number of halogens is 1. The van der Waals surface area contributed by atoms with Gasteiger partial charge in [-0.05, 0) is 63.8 Å². The van der Waals surface area contributed by atoms with Crippen molar-refractivity contribution < 1.29 is 14.4 Å². The molecule has 0 saturated heterocycles. The number of benzene rings is 3. The Kier molecular flexibility index (Phi) is 5.63. The van der Waals surface area contributed by atoms with Crippen LogP contribution in [0.25, 0.3) is 22.1 Å². The largest absolute Gasteiger partial charge is 0.480 e. The monoisotopic (exact) mass is 463 g/mol. The first-order valence-corrected chi connectivity index (χ1v) is 10.1. The predicted octanol–water partition coefficient (Wildman–Crippen LogP) is 5.89. The van der Waals surface area contributed by atoms with E-state index in [9.17, 15) is 4.79 Å². The molecule has 0 unspecified atom stereocenters. The van der Waals surface area contributed by atoms with Gasteiger partial charge in [0.2, 0.25) is 0 Å². The molecule has 0 fully saturated rings. The average molecular weight is 464 g/mol. The molecule has 6 nitrogen and oxygen atoms in total. The quantitative estimate of drug-likeness (QED) is 0.348.